The molecule has 0 amide bonds. The van der Waals surface area contributed by atoms with Gasteiger partial charge in [0, 0.05) is 5.56 Å². The Morgan fingerprint density at radius 3 is 2.62 bits per heavy atom. The first kappa shape index (κ1) is 12.2. The number of carbonyl (C=O) groups excluding carboxylic acids is 2. The van der Waals surface area contributed by atoms with Gasteiger partial charge in [-0.15, -0.1) is 0 Å². The molecule has 0 aliphatic heterocycles. The number of ether oxygens (including phenoxy) is 2. The lowest BCUT2D eigenvalue weighted by atomic mass is 10.1. The Hall–Kier alpha value is -1.91. The molecule has 0 aliphatic carbocycles. The molecular formula is C11H11FO4. The minimum absolute atomic E-state index is 0.105. The zero-order valence-electron chi connectivity index (χ0n) is 8.95. The van der Waals surface area contributed by atoms with Gasteiger partial charge in [-0.2, -0.15) is 0 Å². The molecule has 16 heavy (non-hydrogen) atoms. The molecule has 0 aromatic heterocycles. The lowest BCUT2D eigenvalue weighted by Crippen LogP contribution is -2.07. The monoisotopic (exact) mass is 226 g/mol. The van der Waals surface area contributed by atoms with Crippen molar-refractivity contribution in [1.29, 1.82) is 0 Å². The summed E-state index contributed by atoms with van der Waals surface area (Å²) in [6.45, 7) is 0. The molecule has 0 unspecified atom stereocenters. The number of carbonyl (C=O) groups is 2. The van der Waals surface area contributed by atoms with Gasteiger partial charge in [-0.05, 0) is 12.1 Å². The number of aldehydes is 1. The van der Waals surface area contributed by atoms with Gasteiger partial charge in [-0.3, -0.25) is 9.59 Å². The van der Waals surface area contributed by atoms with Crippen LogP contribution in [0.15, 0.2) is 12.1 Å². The van der Waals surface area contributed by atoms with Crippen molar-refractivity contribution in [3.05, 3.63) is 29.1 Å². The van der Waals surface area contributed by atoms with Crippen LogP contribution < -0.4 is 4.74 Å². The Labute approximate surface area is 92.0 Å². The van der Waals surface area contributed by atoms with Crippen molar-refractivity contribution in [2.24, 2.45) is 0 Å². The van der Waals surface area contributed by atoms with Crippen LogP contribution in [0.5, 0.6) is 5.75 Å². The van der Waals surface area contributed by atoms with Crippen molar-refractivity contribution >= 4 is 12.3 Å². The van der Waals surface area contributed by atoms with Crippen molar-refractivity contribution in [2.75, 3.05) is 14.2 Å². The summed E-state index contributed by atoms with van der Waals surface area (Å²) in [6, 6.07) is 2.35. The number of benzene rings is 1. The molecular weight excluding hydrogens is 215 g/mol. The highest BCUT2D eigenvalue weighted by molar-refractivity contribution is 5.80. The molecule has 0 atom stereocenters. The van der Waals surface area contributed by atoms with Gasteiger partial charge in [0.25, 0.3) is 0 Å². The maximum Gasteiger partial charge on any atom is 0.310 e. The van der Waals surface area contributed by atoms with E-state index in [4.69, 9.17) is 4.74 Å². The first-order chi connectivity index (χ1) is 7.62. The van der Waals surface area contributed by atoms with Crippen LogP contribution in [-0.2, 0) is 16.0 Å². The summed E-state index contributed by atoms with van der Waals surface area (Å²) in [4.78, 5) is 21.6. The predicted molar refractivity (Wildman–Crippen MR) is 54.1 cm³/mol. The smallest absolute Gasteiger partial charge is 0.310 e. The molecule has 0 N–H and O–H groups in total. The van der Waals surface area contributed by atoms with Gasteiger partial charge >= 0.3 is 5.97 Å². The molecule has 0 spiro atoms. The van der Waals surface area contributed by atoms with Gasteiger partial charge in [-0.25, -0.2) is 4.39 Å². The van der Waals surface area contributed by atoms with Crippen molar-refractivity contribution < 1.29 is 23.5 Å². The van der Waals surface area contributed by atoms with Crippen LogP contribution in [0.4, 0.5) is 4.39 Å². The lowest BCUT2D eigenvalue weighted by molar-refractivity contribution is -0.139. The van der Waals surface area contributed by atoms with Crippen molar-refractivity contribution in [3.63, 3.8) is 0 Å². The summed E-state index contributed by atoms with van der Waals surface area (Å²) in [6.07, 6.45) is 0.293. The van der Waals surface area contributed by atoms with E-state index in [1.165, 1.54) is 20.3 Å². The van der Waals surface area contributed by atoms with Gasteiger partial charge < -0.3 is 9.47 Å². The molecule has 0 aliphatic rings. The molecule has 1 aromatic rings. The standard InChI is InChI=1S/C11H11FO4/c1-15-10-4-7(5-11(14)16-2)9(12)3-8(10)6-13/h3-4,6H,5H2,1-2H3. The molecule has 0 heterocycles. The fraction of sp³-hybridized carbons (Fsp3) is 0.273. The molecule has 0 saturated heterocycles. The Balaban J connectivity index is 3.10. The van der Waals surface area contributed by atoms with Crippen LogP contribution in [0.2, 0.25) is 0 Å². The molecule has 0 radical (unpaired) electrons. The molecule has 0 saturated carbocycles. The second-order valence-corrected chi connectivity index (χ2v) is 3.06. The number of methoxy groups -OCH3 is 2. The largest absolute Gasteiger partial charge is 0.496 e. The van der Waals surface area contributed by atoms with Crippen LogP contribution >= 0.6 is 0 Å². The average Bonchev–Trinajstić information content (AvgIpc) is 2.30. The van der Waals surface area contributed by atoms with E-state index in [-0.39, 0.29) is 23.3 Å². The molecule has 1 aromatic carbocycles. The average molecular weight is 226 g/mol. The fourth-order valence-electron chi connectivity index (χ4n) is 1.24. The minimum Gasteiger partial charge on any atom is -0.496 e. The van der Waals surface area contributed by atoms with Gasteiger partial charge in [0.05, 0.1) is 26.2 Å². The second-order valence-electron chi connectivity index (χ2n) is 3.06. The SMILES string of the molecule is COC(=O)Cc1cc(OC)c(C=O)cc1F. The summed E-state index contributed by atoms with van der Waals surface area (Å²) in [5.41, 5.74) is 0.239. The summed E-state index contributed by atoms with van der Waals surface area (Å²) in [5.74, 6) is -0.955. The van der Waals surface area contributed by atoms with Crippen LogP contribution in [0.3, 0.4) is 0 Å². The maximum atomic E-state index is 13.4. The molecule has 5 heteroatoms. The van der Waals surface area contributed by atoms with Gasteiger partial charge in [0.2, 0.25) is 0 Å². The molecule has 1 rings (SSSR count). The van der Waals surface area contributed by atoms with Crippen molar-refractivity contribution in [2.45, 2.75) is 6.42 Å². The quantitative estimate of drug-likeness (QED) is 0.574. The number of esters is 1. The Morgan fingerprint density at radius 1 is 1.44 bits per heavy atom. The Morgan fingerprint density at radius 2 is 2.12 bits per heavy atom. The molecule has 4 nitrogen and oxygen atoms in total. The second kappa shape index (κ2) is 5.25. The number of halogens is 1. The summed E-state index contributed by atoms with van der Waals surface area (Å²) in [7, 11) is 2.58. The molecule has 0 fully saturated rings. The lowest BCUT2D eigenvalue weighted by Gasteiger charge is -2.07. The highest BCUT2D eigenvalue weighted by atomic mass is 19.1. The van der Waals surface area contributed by atoms with Gasteiger partial charge in [0.15, 0.2) is 6.29 Å². The van der Waals surface area contributed by atoms with Crippen molar-refractivity contribution in [3.8, 4) is 5.75 Å². The first-order valence-corrected chi connectivity index (χ1v) is 4.50. The Bertz CT molecular complexity index is 415. The Kier molecular flexibility index (Phi) is 3.99. The van der Waals surface area contributed by atoms with E-state index >= 15 is 0 Å². The molecule has 0 bridgehead atoms. The van der Waals surface area contributed by atoms with E-state index in [9.17, 15) is 14.0 Å². The fourth-order valence-corrected chi connectivity index (χ4v) is 1.24. The van der Waals surface area contributed by atoms with E-state index in [2.05, 4.69) is 4.74 Å². The van der Waals surface area contributed by atoms with E-state index in [0.717, 1.165) is 6.07 Å². The number of hydrogen-bond acceptors (Lipinski definition) is 4. The highest BCUT2D eigenvalue weighted by Crippen LogP contribution is 2.22. The predicted octanol–water partition coefficient (Wildman–Crippen LogP) is 1.36. The third-order valence-electron chi connectivity index (χ3n) is 2.09. The van der Waals surface area contributed by atoms with E-state index in [1.807, 2.05) is 0 Å². The summed E-state index contributed by atoms with van der Waals surface area (Å²) >= 11 is 0. The zero-order valence-corrected chi connectivity index (χ0v) is 8.95. The van der Waals surface area contributed by atoms with Crippen molar-refractivity contribution in [1.82, 2.24) is 0 Å². The summed E-state index contributed by atoms with van der Waals surface area (Å²) in [5, 5.41) is 0. The third-order valence-corrected chi connectivity index (χ3v) is 2.09. The van der Waals surface area contributed by atoms with Crippen LogP contribution in [-0.4, -0.2) is 26.5 Å². The summed E-state index contributed by atoms with van der Waals surface area (Å²) < 4.78 is 22.7. The normalized spacial score (nSPS) is 9.69. The number of hydrogen-bond donors (Lipinski definition) is 0. The van der Waals surface area contributed by atoms with Crippen LogP contribution in [0.1, 0.15) is 15.9 Å². The molecule has 86 valence electrons. The third kappa shape index (κ3) is 2.56. The van der Waals surface area contributed by atoms with Crippen LogP contribution in [0.25, 0.3) is 0 Å². The van der Waals surface area contributed by atoms with Gasteiger partial charge in [0.1, 0.15) is 11.6 Å². The highest BCUT2D eigenvalue weighted by Gasteiger charge is 2.13. The number of rotatable bonds is 4. The minimum atomic E-state index is -0.631. The topological polar surface area (TPSA) is 52.6 Å². The van der Waals surface area contributed by atoms with E-state index in [1.54, 1.807) is 0 Å². The maximum absolute atomic E-state index is 13.4. The van der Waals surface area contributed by atoms with Gasteiger partial charge in [-0.1, -0.05) is 0 Å². The van der Waals surface area contributed by atoms with Crippen LogP contribution in [0, 0.1) is 5.82 Å². The first-order valence-electron chi connectivity index (χ1n) is 4.50. The van der Waals surface area contributed by atoms with E-state index in [0.29, 0.717) is 6.29 Å². The zero-order chi connectivity index (χ0) is 12.1. The van der Waals surface area contributed by atoms with E-state index < -0.39 is 11.8 Å².